The van der Waals surface area contributed by atoms with Crippen molar-refractivity contribution in [3.8, 4) is 17.6 Å². The molecule has 15 heavy (non-hydrogen) atoms. The highest BCUT2D eigenvalue weighted by atomic mass is 19.1. The van der Waals surface area contributed by atoms with Crippen molar-refractivity contribution in [2.75, 3.05) is 6.54 Å². The monoisotopic (exact) mass is 209 g/mol. The summed E-state index contributed by atoms with van der Waals surface area (Å²) >= 11 is 0. The molecular formula is C9H5F2N3O. The minimum absolute atomic E-state index is 0.170. The molecule has 1 aromatic rings. The van der Waals surface area contributed by atoms with Crippen molar-refractivity contribution >= 4 is 0 Å². The first kappa shape index (κ1) is 10.8. The minimum Gasteiger partial charge on any atom is -0.508 e. The summed E-state index contributed by atoms with van der Waals surface area (Å²) in [7, 11) is 0. The van der Waals surface area contributed by atoms with Gasteiger partial charge in [0.2, 0.25) is 0 Å². The molecule has 1 rings (SSSR count). The minimum atomic E-state index is -0.957. The molecule has 0 aliphatic carbocycles. The first-order chi connectivity index (χ1) is 7.15. The molecule has 76 valence electrons. The molecule has 0 saturated heterocycles. The maximum Gasteiger partial charge on any atom is 0.145 e. The number of phenols is 1. The van der Waals surface area contributed by atoms with E-state index in [0.717, 1.165) is 12.1 Å². The van der Waals surface area contributed by atoms with Crippen LogP contribution in [0, 0.1) is 23.5 Å². The van der Waals surface area contributed by atoms with Crippen molar-refractivity contribution in [1.82, 2.24) is 0 Å². The number of nitrogens with zero attached hydrogens (tertiary/aromatic N) is 3. The Balaban J connectivity index is 3.02. The Morgan fingerprint density at radius 1 is 1.40 bits per heavy atom. The molecule has 0 unspecified atom stereocenters. The molecule has 0 radical (unpaired) electrons. The molecule has 0 spiro atoms. The molecule has 6 heteroatoms. The van der Waals surface area contributed by atoms with Crippen LogP contribution in [0.3, 0.4) is 0 Å². The molecule has 0 amide bonds. The molecule has 0 aliphatic rings. The van der Waals surface area contributed by atoms with Crippen molar-refractivity contribution in [1.29, 1.82) is 0 Å². The Bertz CT molecular complexity index is 461. The fourth-order valence-corrected chi connectivity index (χ4v) is 0.874. The van der Waals surface area contributed by atoms with E-state index < -0.39 is 22.9 Å². The number of hydrogen-bond acceptors (Lipinski definition) is 2. The predicted octanol–water partition coefficient (Wildman–Crippen LogP) is 2.33. The number of rotatable bonds is 1. The predicted molar refractivity (Wildman–Crippen MR) is 48.9 cm³/mol. The number of hydrogen-bond donors (Lipinski definition) is 1. The standard InChI is InChI=1S/C9H5F2N3O/c10-8-4-6(15)5-9(11)7(8)2-1-3-13-14-12/h4-5,15H,3H2. The summed E-state index contributed by atoms with van der Waals surface area (Å²) in [4.78, 5) is 2.42. The van der Waals surface area contributed by atoms with Crippen LogP contribution in [-0.4, -0.2) is 11.7 Å². The Morgan fingerprint density at radius 2 is 2.00 bits per heavy atom. The third kappa shape index (κ3) is 2.86. The molecule has 1 N–H and O–H groups in total. The van der Waals surface area contributed by atoms with Crippen molar-refractivity contribution in [3.63, 3.8) is 0 Å². The zero-order valence-corrected chi connectivity index (χ0v) is 7.41. The maximum absolute atomic E-state index is 13.0. The van der Waals surface area contributed by atoms with Gasteiger partial charge in [0.1, 0.15) is 17.4 Å². The summed E-state index contributed by atoms with van der Waals surface area (Å²) < 4.78 is 26.0. The summed E-state index contributed by atoms with van der Waals surface area (Å²) in [6, 6.07) is 1.50. The van der Waals surface area contributed by atoms with Crippen LogP contribution in [0.15, 0.2) is 17.2 Å². The summed E-state index contributed by atoms with van der Waals surface area (Å²) in [5.41, 5.74) is 7.46. The smallest absolute Gasteiger partial charge is 0.145 e. The topological polar surface area (TPSA) is 69.0 Å². The summed E-state index contributed by atoms with van der Waals surface area (Å²) in [6.07, 6.45) is 0. The van der Waals surface area contributed by atoms with Gasteiger partial charge in [-0.25, -0.2) is 8.78 Å². The Morgan fingerprint density at radius 3 is 2.53 bits per heavy atom. The Hall–Kier alpha value is -2.25. The normalized spacial score (nSPS) is 8.67. The zero-order chi connectivity index (χ0) is 11.3. The maximum atomic E-state index is 13.0. The molecule has 4 nitrogen and oxygen atoms in total. The summed E-state index contributed by atoms with van der Waals surface area (Å²) in [5, 5.41) is 11.9. The second-order valence-corrected chi connectivity index (χ2v) is 2.48. The first-order valence-electron chi connectivity index (χ1n) is 3.83. The lowest BCUT2D eigenvalue weighted by Gasteiger charge is -1.97. The van der Waals surface area contributed by atoms with Gasteiger partial charge in [-0.1, -0.05) is 17.0 Å². The van der Waals surface area contributed by atoms with E-state index in [4.69, 9.17) is 10.6 Å². The number of halogens is 2. The van der Waals surface area contributed by atoms with E-state index in [0.29, 0.717) is 0 Å². The Labute approximate surface area is 83.8 Å². The van der Waals surface area contributed by atoms with Crippen LogP contribution in [0.5, 0.6) is 5.75 Å². The number of aromatic hydroxyl groups is 1. The van der Waals surface area contributed by atoms with Gasteiger partial charge in [-0.3, -0.25) is 0 Å². The SMILES string of the molecule is [N-]=[N+]=NCC#Cc1c(F)cc(O)cc1F. The molecular weight excluding hydrogens is 204 g/mol. The third-order valence-electron chi connectivity index (χ3n) is 1.45. The van der Waals surface area contributed by atoms with Crippen molar-refractivity contribution < 1.29 is 13.9 Å². The van der Waals surface area contributed by atoms with Gasteiger partial charge in [0.25, 0.3) is 0 Å². The average Bonchev–Trinajstić information content (AvgIpc) is 2.15. The molecule has 0 aliphatic heterocycles. The van der Waals surface area contributed by atoms with Gasteiger partial charge < -0.3 is 5.11 Å². The molecule has 0 bridgehead atoms. The lowest BCUT2D eigenvalue weighted by Crippen LogP contribution is -1.89. The van der Waals surface area contributed by atoms with Gasteiger partial charge in [-0.05, 0) is 5.53 Å². The fraction of sp³-hybridized carbons (Fsp3) is 0.111. The van der Waals surface area contributed by atoms with Crippen molar-refractivity contribution in [3.05, 3.63) is 39.8 Å². The van der Waals surface area contributed by atoms with Gasteiger partial charge in [0, 0.05) is 17.0 Å². The van der Waals surface area contributed by atoms with Crippen LogP contribution in [0.25, 0.3) is 10.4 Å². The summed E-state index contributed by atoms with van der Waals surface area (Å²) in [6.45, 7) is -0.170. The van der Waals surface area contributed by atoms with Crippen LogP contribution in [0.2, 0.25) is 0 Å². The van der Waals surface area contributed by atoms with Crippen LogP contribution in [0.1, 0.15) is 5.56 Å². The average molecular weight is 209 g/mol. The van der Waals surface area contributed by atoms with E-state index in [1.165, 1.54) is 0 Å². The second kappa shape index (κ2) is 4.84. The quantitative estimate of drug-likeness (QED) is 0.328. The van der Waals surface area contributed by atoms with Gasteiger partial charge in [-0.15, -0.1) is 0 Å². The number of phenolic OH excluding ortho intramolecular Hbond substituents is 1. The van der Waals surface area contributed by atoms with E-state index >= 15 is 0 Å². The number of benzene rings is 1. The van der Waals surface area contributed by atoms with Gasteiger partial charge >= 0.3 is 0 Å². The lowest BCUT2D eigenvalue weighted by molar-refractivity contribution is 0.459. The molecule has 0 fully saturated rings. The zero-order valence-electron chi connectivity index (χ0n) is 7.41. The fourth-order valence-electron chi connectivity index (χ4n) is 0.874. The van der Waals surface area contributed by atoms with Gasteiger partial charge in [-0.2, -0.15) is 0 Å². The lowest BCUT2D eigenvalue weighted by atomic mass is 10.2. The van der Waals surface area contributed by atoms with E-state index in [9.17, 15) is 8.78 Å². The van der Waals surface area contributed by atoms with Gasteiger partial charge in [0.15, 0.2) is 0 Å². The molecule has 0 aromatic heterocycles. The van der Waals surface area contributed by atoms with Crippen LogP contribution < -0.4 is 0 Å². The molecule has 0 heterocycles. The molecule has 0 atom stereocenters. The second-order valence-electron chi connectivity index (χ2n) is 2.48. The van der Waals surface area contributed by atoms with Crippen LogP contribution in [0.4, 0.5) is 8.78 Å². The van der Waals surface area contributed by atoms with Crippen molar-refractivity contribution in [2.24, 2.45) is 5.11 Å². The highest BCUT2D eigenvalue weighted by Gasteiger charge is 2.07. The van der Waals surface area contributed by atoms with Crippen LogP contribution in [-0.2, 0) is 0 Å². The van der Waals surface area contributed by atoms with E-state index in [1.807, 2.05) is 0 Å². The molecule has 0 saturated carbocycles. The summed E-state index contributed by atoms with van der Waals surface area (Å²) in [5.74, 6) is 2.02. The highest BCUT2D eigenvalue weighted by molar-refractivity contribution is 5.40. The third-order valence-corrected chi connectivity index (χ3v) is 1.45. The highest BCUT2D eigenvalue weighted by Crippen LogP contribution is 2.18. The number of azide groups is 1. The van der Waals surface area contributed by atoms with Gasteiger partial charge in [0.05, 0.1) is 12.1 Å². The largest absolute Gasteiger partial charge is 0.508 e. The first-order valence-corrected chi connectivity index (χ1v) is 3.83. The van der Waals surface area contributed by atoms with E-state index in [1.54, 1.807) is 0 Å². The van der Waals surface area contributed by atoms with Crippen LogP contribution >= 0.6 is 0 Å². The molecule has 1 aromatic carbocycles. The van der Waals surface area contributed by atoms with E-state index in [2.05, 4.69) is 21.9 Å². The Kier molecular flexibility index (Phi) is 3.49. The van der Waals surface area contributed by atoms with Crippen molar-refractivity contribution in [2.45, 2.75) is 0 Å². The van der Waals surface area contributed by atoms with E-state index in [-0.39, 0.29) is 6.54 Å².